The Morgan fingerprint density at radius 1 is 1.40 bits per heavy atom. The van der Waals surface area contributed by atoms with Gasteiger partial charge in [0.25, 0.3) is 0 Å². The second kappa shape index (κ2) is 10.3. The Labute approximate surface area is 169 Å². The molecule has 1 fully saturated rings. The fourth-order valence-electron chi connectivity index (χ4n) is 2.73. The number of morpholine rings is 1. The molecule has 6 heteroatoms. The number of aryl methyl sites for hydroxylation is 1. The number of nitrogens with zero attached hydrogens (tertiary/aromatic N) is 2. The molecule has 1 heterocycles. The maximum Gasteiger partial charge on any atom is 0.194 e. The molecule has 1 aliphatic rings. The number of ether oxygens (including phenoxy) is 2. The minimum Gasteiger partial charge on any atom is -0.377 e. The van der Waals surface area contributed by atoms with Crippen molar-refractivity contribution < 1.29 is 9.47 Å². The van der Waals surface area contributed by atoms with E-state index in [1.165, 1.54) is 11.1 Å². The number of nitrogens with one attached hydrogen (secondary N) is 1. The molecule has 1 unspecified atom stereocenters. The molecule has 0 bridgehead atoms. The van der Waals surface area contributed by atoms with Crippen LogP contribution in [0.15, 0.2) is 29.3 Å². The fourth-order valence-corrected chi connectivity index (χ4v) is 2.73. The first-order valence-corrected chi connectivity index (χ1v) is 8.72. The third-order valence-corrected chi connectivity index (χ3v) is 4.40. The van der Waals surface area contributed by atoms with Crippen molar-refractivity contribution in [2.24, 2.45) is 4.99 Å². The lowest BCUT2D eigenvalue weighted by molar-refractivity contribution is -0.00878. The summed E-state index contributed by atoms with van der Waals surface area (Å²) in [5.74, 6) is 0.935. The average Bonchev–Trinajstić information content (AvgIpc) is 2.59. The van der Waals surface area contributed by atoms with Crippen molar-refractivity contribution in [2.45, 2.75) is 39.4 Å². The molecule has 1 atom stereocenters. The molecule has 0 saturated carbocycles. The van der Waals surface area contributed by atoms with Gasteiger partial charge in [-0.25, -0.2) is 0 Å². The van der Waals surface area contributed by atoms with Gasteiger partial charge in [-0.2, -0.15) is 0 Å². The van der Waals surface area contributed by atoms with Crippen LogP contribution in [-0.4, -0.2) is 56.4 Å². The summed E-state index contributed by atoms with van der Waals surface area (Å²) in [6.07, 6.45) is 0.0826. The van der Waals surface area contributed by atoms with E-state index in [4.69, 9.17) is 14.5 Å². The van der Waals surface area contributed by atoms with E-state index in [1.807, 2.05) is 0 Å². The second-order valence-corrected chi connectivity index (χ2v) is 6.80. The lowest BCUT2D eigenvalue weighted by Gasteiger charge is -2.36. The molecule has 0 radical (unpaired) electrons. The van der Waals surface area contributed by atoms with Crippen LogP contribution in [0.3, 0.4) is 0 Å². The van der Waals surface area contributed by atoms with Crippen LogP contribution >= 0.6 is 24.0 Å². The quantitative estimate of drug-likeness (QED) is 0.415. The summed E-state index contributed by atoms with van der Waals surface area (Å²) in [5, 5.41) is 3.40. The summed E-state index contributed by atoms with van der Waals surface area (Å²) in [6, 6.07) is 8.43. The third kappa shape index (κ3) is 6.42. The number of guanidine groups is 1. The van der Waals surface area contributed by atoms with Gasteiger partial charge in [0.15, 0.2) is 5.96 Å². The topological polar surface area (TPSA) is 46.1 Å². The fraction of sp³-hybridized carbons (Fsp3) is 0.632. The molecule has 1 aliphatic heterocycles. The highest BCUT2D eigenvalue weighted by Crippen LogP contribution is 2.25. The summed E-state index contributed by atoms with van der Waals surface area (Å²) < 4.78 is 11.5. The first-order chi connectivity index (χ1) is 11.5. The van der Waals surface area contributed by atoms with Crippen molar-refractivity contribution >= 4 is 29.9 Å². The van der Waals surface area contributed by atoms with Crippen molar-refractivity contribution in [3.8, 4) is 0 Å². The maximum absolute atomic E-state index is 6.02. The van der Waals surface area contributed by atoms with E-state index >= 15 is 0 Å². The molecule has 2 rings (SSSR count). The molecule has 1 N–H and O–H groups in total. The first-order valence-electron chi connectivity index (χ1n) is 8.72. The van der Waals surface area contributed by atoms with Gasteiger partial charge in [0.2, 0.25) is 0 Å². The summed E-state index contributed by atoms with van der Waals surface area (Å²) in [6.45, 7) is 12.2. The van der Waals surface area contributed by atoms with Crippen molar-refractivity contribution in [3.63, 3.8) is 0 Å². The highest BCUT2D eigenvalue weighted by atomic mass is 127. The summed E-state index contributed by atoms with van der Waals surface area (Å²) >= 11 is 0. The van der Waals surface area contributed by atoms with Gasteiger partial charge in [-0.05, 0) is 38.8 Å². The summed E-state index contributed by atoms with van der Waals surface area (Å²) in [4.78, 5) is 7.07. The lowest BCUT2D eigenvalue weighted by atomic mass is 10.0. The van der Waals surface area contributed by atoms with Crippen molar-refractivity contribution in [2.75, 3.05) is 39.9 Å². The number of hydrogen-bond donors (Lipinski definition) is 1. The van der Waals surface area contributed by atoms with Gasteiger partial charge in [0.1, 0.15) is 6.10 Å². The van der Waals surface area contributed by atoms with E-state index in [0.29, 0.717) is 13.2 Å². The number of hydrogen-bond acceptors (Lipinski definition) is 3. The van der Waals surface area contributed by atoms with Gasteiger partial charge in [-0.15, -0.1) is 24.0 Å². The van der Waals surface area contributed by atoms with Crippen LogP contribution in [-0.2, 0) is 9.47 Å². The monoisotopic (exact) mass is 461 g/mol. The van der Waals surface area contributed by atoms with Crippen LogP contribution in [0.5, 0.6) is 0 Å². The minimum absolute atomic E-state index is 0. The van der Waals surface area contributed by atoms with Crippen LogP contribution in [0.1, 0.15) is 38.0 Å². The Kier molecular flexibility index (Phi) is 9.16. The Morgan fingerprint density at radius 3 is 2.76 bits per heavy atom. The Bertz CT molecular complexity index is 563. The zero-order valence-electron chi connectivity index (χ0n) is 16.0. The van der Waals surface area contributed by atoms with Gasteiger partial charge in [-0.3, -0.25) is 4.99 Å². The van der Waals surface area contributed by atoms with E-state index in [0.717, 1.165) is 25.6 Å². The van der Waals surface area contributed by atoms with Gasteiger partial charge in [-0.1, -0.05) is 24.3 Å². The van der Waals surface area contributed by atoms with E-state index in [-0.39, 0.29) is 35.7 Å². The number of benzene rings is 1. The molecule has 1 saturated heterocycles. The predicted molar refractivity (Wildman–Crippen MR) is 114 cm³/mol. The molecule has 0 amide bonds. The first kappa shape index (κ1) is 22.2. The van der Waals surface area contributed by atoms with Crippen LogP contribution < -0.4 is 5.32 Å². The van der Waals surface area contributed by atoms with Crippen LogP contribution in [0.25, 0.3) is 0 Å². The standard InChI is InChI=1S/C19H31N3O2.HI/c1-6-20-18(21-14-19(3,4)23-5)22-11-12-24-17(13-22)16-10-8-7-9-15(16)2;/h7-10,17H,6,11-14H2,1-5H3,(H,20,21);1H. The minimum atomic E-state index is -0.262. The molecule has 5 nitrogen and oxygen atoms in total. The number of rotatable bonds is 5. The Hall–Kier alpha value is -0.860. The smallest absolute Gasteiger partial charge is 0.194 e. The molecule has 25 heavy (non-hydrogen) atoms. The highest BCUT2D eigenvalue weighted by molar-refractivity contribution is 14.0. The number of aliphatic imine (C=N–C) groups is 1. The van der Waals surface area contributed by atoms with Crippen molar-refractivity contribution in [1.82, 2.24) is 10.2 Å². The van der Waals surface area contributed by atoms with Gasteiger partial charge in [0, 0.05) is 20.2 Å². The molecular weight excluding hydrogens is 429 g/mol. The molecule has 1 aromatic rings. The van der Waals surface area contributed by atoms with E-state index in [1.54, 1.807) is 7.11 Å². The average molecular weight is 461 g/mol. The van der Waals surface area contributed by atoms with E-state index in [9.17, 15) is 0 Å². The van der Waals surface area contributed by atoms with Gasteiger partial charge in [0.05, 0.1) is 25.3 Å². The maximum atomic E-state index is 6.02. The van der Waals surface area contributed by atoms with Crippen molar-refractivity contribution in [3.05, 3.63) is 35.4 Å². The van der Waals surface area contributed by atoms with E-state index in [2.05, 4.69) is 62.2 Å². The summed E-state index contributed by atoms with van der Waals surface area (Å²) in [7, 11) is 1.73. The predicted octanol–water partition coefficient (Wildman–Crippen LogP) is 3.38. The molecule has 0 aliphatic carbocycles. The molecule has 0 aromatic heterocycles. The zero-order valence-corrected chi connectivity index (χ0v) is 18.4. The largest absolute Gasteiger partial charge is 0.377 e. The van der Waals surface area contributed by atoms with Gasteiger partial charge >= 0.3 is 0 Å². The molecule has 142 valence electrons. The SMILES string of the molecule is CCNC(=NCC(C)(C)OC)N1CCOC(c2ccccc2C)C1.I. The lowest BCUT2D eigenvalue weighted by Crippen LogP contribution is -2.48. The summed E-state index contributed by atoms with van der Waals surface area (Å²) in [5.41, 5.74) is 2.27. The Morgan fingerprint density at radius 2 is 2.12 bits per heavy atom. The van der Waals surface area contributed by atoms with Crippen LogP contribution in [0.4, 0.5) is 0 Å². The molecule has 1 aromatic carbocycles. The van der Waals surface area contributed by atoms with Crippen molar-refractivity contribution in [1.29, 1.82) is 0 Å². The van der Waals surface area contributed by atoms with E-state index < -0.39 is 0 Å². The number of methoxy groups -OCH3 is 1. The van der Waals surface area contributed by atoms with Gasteiger partial charge < -0.3 is 19.7 Å². The molecular formula is C19H32IN3O2. The molecule has 0 spiro atoms. The number of halogens is 1. The second-order valence-electron chi connectivity index (χ2n) is 6.80. The Balaban J connectivity index is 0.00000312. The van der Waals surface area contributed by atoms with Crippen LogP contribution in [0.2, 0.25) is 0 Å². The highest BCUT2D eigenvalue weighted by Gasteiger charge is 2.25. The normalized spacial score (nSPS) is 18.7. The van der Waals surface area contributed by atoms with Crippen LogP contribution in [0, 0.1) is 6.92 Å². The zero-order chi connectivity index (χ0) is 17.6. The third-order valence-electron chi connectivity index (χ3n) is 4.40.